The van der Waals surface area contributed by atoms with Crippen molar-refractivity contribution in [3.63, 3.8) is 0 Å². The van der Waals surface area contributed by atoms with Gasteiger partial charge in [-0.25, -0.2) is 0 Å². The quantitative estimate of drug-likeness (QED) is 0.873. The van der Waals surface area contributed by atoms with E-state index < -0.39 is 0 Å². The minimum atomic E-state index is -0.310. The third kappa shape index (κ3) is 3.47. The first-order valence-corrected chi connectivity index (χ1v) is 6.11. The van der Waals surface area contributed by atoms with Crippen LogP contribution in [0.15, 0.2) is 12.1 Å². The lowest BCUT2D eigenvalue weighted by Crippen LogP contribution is -2.15. The van der Waals surface area contributed by atoms with Crippen LogP contribution in [0.3, 0.4) is 0 Å². The van der Waals surface area contributed by atoms with Crippen molar-refractivity contribution >= 4 is 0 Å². The molecule has 1 rings (SSSR count). The van der Waals surface area contributed by atoms with E-state index in [4.69, 9.17) is 4.74 Å². The van der Waals surface area contributed by atoms with E-state index in [2.05, 4.69) is 39.8 Å². The van der Waals surface area contributed by atoms with Gasteiger partial charge in [0, 0.05) is 5.56 Å². The van der Waals surface area contributed by atoms with E-state index in [0.29, 0.717) is 6.42 Å². The number of benzene rings is 1. The van der Waals surface area contributed by atoms with Crippen molar-refractivity contribution in [3.05, 3.63) is 28.8 Å². The zero-order valence-electron chi connectivity index (χ0n) is 11.8. The smallest absolute Gasteiger partial charge is 0.125 e. The summed E-state index contributed by atoms with van der Waals surface area (Å²) in [5.74, 6) is 0.965. The molecule has 0 spiro atoms. The third-order valence-corrected chi connectivity index (χ3v) is 2.88. The number of hydrogen-bond donors (Lipinski definition) is 1. The number of ether oxygens (including phenoxy) is 1. The minimum absolute atomic E-state index is 0.0464. The van der Waals surface area contributed by atoms with Gasteiger partial charge in [0.05, 0.1) is 13.2 Å². The number of hydrogen-bond acceptors (Lipinski definition) is 2. The third-order valence-electron chi connectivity index (χ3n) is 2.88. The highest BCUT2D eigenvalue weighted by Gasteiger charge is 2.21. The van der Waals surface area contributed by atoms with E-state index >= 15 is 0 Å². The first-order chi connectivity index (χ1) is 7.75. The van der Waals surface area contributed by atoms with Crippen LogP contribution in [-0.4, -0.2) is 18.3 Å². The van der Waals surface area contributed by atoms with Crippen LogP contribution >= 0.6 is 0 Å². The zero-order chi connectivity index (χ0) is 13.2. The van der Waals surface area contributed by atoms with Gasteiger partial charge >= 0.3 is 0 Å². The van der Waals surface area contributed by atoms with E-state index in [1.807, 2.05) is 6.92 Å². The van der Waals surface area contributed by atoms with E-state index in [0.717, 1.165) is 11.3 Å². The summed E-state index contributed by atoms with van der Waals surface area (Å²) in [5.41, 5.74) is 3.56. The maximum absolute atomic E-state index is 9.49. The van der Waals surface area contributed by atoms with Gasteiger partial charge < -0.3 is 9.84 Å². The van der Waals surface area contributed by atoms with Gasteiger partial charge in [0.1, 0.15) is 5.75 Å². The van der Waals surface area contributed by atoms with Crippen LogP contribution in [0.1, 0.15) is 44.4 Å². The fourth-order valence-electron chi connectivity index (χ4n) is 2.14. The molecule has 0 aliphatic heterocycles. The average molecular weight is 236 g/mol. The number of rotatable bonds is 3. The second-order valence-electron chi connectivity index (χ2n) is 5.80. The van der Waals surface area contributed by atoms with Crippen molar-refractivity contribution in [2.45, 2.75) is 52.6 Å². The van der Waals surface area contributed by atoms with Gasteiger partial charge in [0.15, 0.2) is 0 Å². The SMILES string of the molecule is COc1c(C)cc(CC(C)O)cc1C(C)(C)C. The fourth-order valence-corrected chi connectivity index (χ4v) is 2.14. The van der Waals surface area contributed by atoms with Crippen molar-refractivity contribution < 1.29 is 9.84 Å². The van der Waals surface area contributed by atoms with Crippen LogP contribution in [0.25, 0.3) is 0 Å². The molecule has 0 aromatic heterocycles. The summed E-state index contributed by atoms with van der Waals surface area (Å²) < 4.78 is 5.50. The summed E-state index contributed by atoms with van der Waals surface area (Å²) in [7, 11) is 1.71. The second kappa shape index (κ2) is 5.09. The fraction of sp³-hybridized carbons (Fsp3) is 0.600. The summed E-state index contributed by atoms with van der Waals surface area (Å²) in [6.45, 7) is 10.4. The number of aliphatic hydroxyl groups excluding tert-OH is 1. The van der Waals surface area contributed by atoms with Gasteiger partial charge in [-0.15, -0.1) is 0 Å². The lowest BCUT2D eigenvalue weighted by Gasteiger charge is -2.24. The molecule has 2 nitrogen and oxygen atoms in total. The predicted octanol–water partition coefficient (Wildman–Crippen LogP) is 3.22. The molecule has 0 amide bonds. The molecular formula is C15H24O2. The van der Waals surface area contributed by atoms with Crippen LogP contribution < -0.4 is 4.74 Å². The van der Waals surface area contributed by atoms with Crippen LogP contribution in [0.5, 0.6) is 5.75 Å². The molecule has 0 aliphatic rings. The predicted molar refractivity (Wildman–Crippen MR) is 71.8 cm³/mol. The first kappa shape index (κ1) is 14.0. The minimum Gasteiger partial charge on any atom is -0.496 e. The molecule has 2 heteroatoms. The van der Waals surface area contributed by atoms with Crippen LogP contribution in [0.4, 0.5) is 0 Å². The van der Waals surface area contributed by atoms with Gasteiger partial charge in [0.25, 0.3) is 0 Å². The Morgan fingerprint density at radius 3 is 2.29 bits per heavy atom. The van der Waals surface area contributed by atoms with Gasteiger partial charge in [0.2, 0.25) is 0 Å². The van der Waals surface area contributed by atoms with E-state index in [1.165, 1.54) is 11.1 Å². The van der Waals surface area contributed by atoms with Gasteiger partial charge in [-0.1, -0.05) is 32.9 Å². The lowest BCUT2D eigenvalue weighted by molar-refractivity contribution is 0.195. The molecule has 0 heterocycles. The van der Waals surface area contributed by atoms with E-state index in [1.54, 1.807) is 7.11 Å². The molecule has 1 aromatic rings. The summed E-state index contributed by atoms with van der Waals surface area (Å²) >= 11 is 0. The molecule has 1 unspecified atom stereocenters. The van der Waals surface area contributed by atoms with Crippen LogP contribution in [0.2, 0.25) is 0 Å². The lowest BCUT2D eigenvalue weighted by atomic mass is 9.83. The molecule has 96 valence electrons. The maximum Gasteiger partial charge on any atom is 0.125 e. The molecule has 0 fully saturated rings. The first-order valence-electron chi connectivity index (χ1n) is 6.11. The molecule has 1 N–H and O–H groups in total. The molecule has 1 aromatic carbocycles. The molecule has 0 saturated heterocycles. The second-order valence-corrected chi connectivity index (χ2v) is 5.80. The molecule has 0 aliphatic carbocycles. The van der Waals surface area contributed by atoms with E-state index in [9.17, 15) is 5.11 Å². The Bertz CT molecular complexity index is 387. The Hall–Kier alpha value is -1.02. The highest BCUT2D eigenvalue weighted by molar-refractivity contribution is 5.47. The topological polar surface area (TPSA) is 29.5 Å². The summed E-state index contributed by atoms with van der Waals surface area (Å²) in [5, 5.41) is 9.49. The Kier molecular flexibility index (Phi) is 4.21. The highest BCUT2D eigenvalue weighted by Crippen LogP contribution is 2.35. The monoisotopic (exact) mass is 236 g/mol. The van der Waals surface area contributed by atoms with Crippen LogP contribution in [0, 0.1) is 6.92 Å². The van der Waals surface area contributed by atoms with E-state index in [-0.39, 0.29) is 11.5 Å². The van der Waals surface area contributed by atoms with Crippen molar-refractivity contribution in [2.24, 2.45) is 0 Å². The standard InChI is InChI=1S/C15H24O2/c1-10-7-12(8-11(2)16)9-13(14(10)17-6)15(3,4)5/h7,9,11,16H,8H2,1-6H3. The molecule has 17 heavy (non-hydrogen) atoms. The average Bonchev–Trinajstić information content (AvgIpc) is 2.14. The van der Waals surface area contributed by atoms with Gasteiger partial charge in [-0.05, 0) is 36.8 Å². The maximum atomic E-state index is 9.49. The number of aliphatic hydroxyl groups is 1. The molecule has 0 radical (unpaired) electrons. The Labute approximate surface area is 105 Å². The largest absolute Gasteiger partial charge is 0.496 e. The zero-order valence-corrected chi connectivity index (χ0v) is 11.8. The molecular weight excluding hydrogens is 212 g/mol. The van der Waals surface area contributed by atoms with Gasteiger partial charge in [-0.2, -0.15) is 0 Å². The Morgan fingerprint density at radius 2 is 1.88 bits per heavy atom. The summed E-state index contributed by atoms with van der Waals surface area (Å²) in [4.78, 5) is 0. The molecule has 1 atom stereocenters. The van der Waals surface area contributed by atoms with Crippen molar-refractivity contribution in [1.82, 2.24) is 0 Å². The van der Waals surface area contributed by atoms with Crippen molar-refractivity contribution in [2.75, 3.05) is 7.11 Å². The molecule has 0 bridgehead atoms. The van der Waals surface area contributed by atoms with Gasteiger partial charge in [-0.3, -0.25) is 0 Å². The summed E-state index contributed by atoms with van der Waals surface area (Å²) in [6, 6.07) is 4.25. The molecule has 0 saturated carbocycles. The Morgan fingerprint density at radius 1 is 1.29 bits per heavy atom. The number of methoxy groups -OCH3 is 1. The van der Waals surface area contributed by atoms with Crippen molar-refractivity contribution in [3.8, 4) is 5.75 Å². The summed E-state index contributed by atoms with van der Waals surface area (Å²) in [6.07, 6.45) is 0.379. The highest BCUT2D eigenvalue weighted by atomic mass is 16.5. The van der Waals surface area contributed by atoms with Crippen molar-refractivity contribution in [1.29, 1.82) is 0 Å². The number of aryl methyl sites for hydroxylation is 1. The Balaban J connectivity index is 3.29. The van der Waals surface area contributed by atoms with Crippen LogP contribution in [-0.2, 0) is 11.8 Å². The normalized spacial score (nSPS) is 13.6.